The second kappa shape index (κ2) is 1.87. The molecule has 1 heteroatoms. The molecule has 0 aromatic carbocycles. The Hall–Kier alpha value is 0.350. The van der Waals surface area contributed by atoms with Crippen LogP contribution in [0.2, 0.25) is 0 Å². The molecule has 0 nitrogen and oxygen atoms in total. The Kier molecular flexibility index (Phi) is 1.41. The molecule has 1 radical (unpaired) electrons. The zero-order valence-electron chi connectivity index (χ0n) is 3.81. The van der Waals surface area contributed by atoms with Crippen LogP contribution in [0.3, 0.4) is 0 Å². The van der Waals surface area contributed by atoms with Gasteiger partial charge in [0.15, 0.2) is 0 Å². The van der Waals surface area contributed by atoms with Crippen LogP contribution in [-0.4, -0.2) is 11.0 Å². The van der Waals surface area contributed by atoms with Gasteiger partial charge < -0.3 is 0 Å². The second-order valence-corrected chi connectivity index (χ2v) is 3.04. The molecule has 35 valence electrons. The van der Waals surface area contributed by atoms with Gasteiger partial charge in [0.05, 0.1) is 0 Å². The van der Waals surface area contributed by atoms with Gasteiger partial charge in [0.25, 0.3) is 0 Å². The largest absolute Gasteiger partial charge is 0.159 e. The number of rotatable bonds is 0. The van der Waals surface area contributed by atoms with Crippen molar-refractivity contribution in [1.29, 1.82) is 0 Å². The average Bonchev–Trinajstić information content (AvgIpc) is 1.86. The molecule has 1 rings (SSSR count). The number of hydrogen-bond acceptors (Lipinski definition) is 1. The summed E-state index contributed by atoms with van der Waals surface area (Å²) in [5, 5.41) is 0.713. The Balaban J connectivity index is 2.18. The van der Waals surface area contributed by atoms with E-state index >= 15 is 0 Å². The van der Waals surface area contributed by atoms with E-state index < -0.39 is 0 Å². The molecule has 0 aliphatic carbocycles. The summed E-state index contributed by atoms with van der Waals surface area (Å²) in [5.74, 6) is 1.34. The lowest BCUT2D eigenvalue weighted by atomic mass is 10.3. The quantitative estimate of drug-likeness (QED) is 0.447. The molecule has 0 aromatic heterocycles. The topological polar surface area (TPSA) is 0 Å². The molecule has 6 heavy (non-hydrogen) atoms. The summed E-state index contributed by atoms with van der Waals surface area (Å²) < 4.78 is 0. The van der Waals surface area contributed by atoms with Gasteiger partial charge in [-0.05, 0) is 25.5 Å². The summed E-state index contributed by atoms with van der Waals surface area (Å²) in [5.41, 5.74) is 0. The van der Waals surface area contributed by atoms with Crippen molar-refractivity contribution in [2.75, 3.05) is 5.75 Å². The highest BCUT2D eigenvalue weighted by molar-refractivity contribution is 8.00. The molecular formula is C5H9S. The van der Waals surface area contributed by atoms with Crippen LogP contribution in [0.4, 0.5) is 0 Å². The Morgan fingerprint density at radius 3 is 2.67 bits per heavy atom. The Labute approximate surface area is 43.3 Å². The van der Waals surface area contributed by atoms with Crippen LogP contribution in [0, 0.1) is 6.92 Å². The van der Waals surface area contributed by atoms with E-state index in [0.717, 1.165) is 0 Å². The summed E-state index contributed by atoms with van der Waals surface area (Å²) in [6.45, 7) is 3.90. The van der Waals surface area contributed by atoms with E-state index in [2.05, 4.69) is 6.92 Å². The monoisotopic (exact) mass is 101 g/mol. The minimum Gasteiger partial charge on any atom is -0.159 e. The van der Waals surface area contributed by atoms with Crippen LogP contribution in [0.1, 0.15) is 12.8 Å². The highest BCUT2D eigenvalue weighted by Gasteiger charge is 2.07. The zero-order valence-corrected chi connectivity index (χ0v) is 4.63. The highest BCUT2D eigenvalue weighted by atomic mass is 32.2. The minimum atomic E-state index is 0.713. The predicted octanol–water partition coefficient (Wildman–Crippen LogP) is 1.72. The Morgan fingerprint density at radius 2 is 2.50 bits per heavy atom. The van der Waals surface area contributed by atoms with Crippen LogP contribution in [0.5, 0.6) is 0 Å². The molecule has 1 aliphatic heterocycles. The maximum Gasteiger partial charge on any atom is 0.00477 e. The van der Waals surface area contributed by atoms with E-state index in [1.54, 1.807) is 0 Å². The number of hydrogen-bond donors (Lipinski definition) is 0. The molecule has 0 saturated carbocycles. The summed E-state index contributed by atoms with van der Waals surface area (Å²) in [6, 6.07) is 0. The smallest absolute Gasteiger partial charge is 0.00477 e. The maximum atomic E-state index is 3.90. The first kappa shape index (κ1) is 4.51. The maximum absolute atomic E-state index is 3.90. The SMILES string of the molecule is [CH2]C1CCCS1. The lowest BCUT2D eigenvalue weighted by Gasteiger charge is -1.90. The van der Waals surface area contributed by atoms with Gasteiger partial charge in [0, 0.05) is 5.25 Å². The van der Waals surface area contributed by atoms with Crippen molar-refractivity contribution in [2.45, 2.75) is 18.1 Å². The third-order valence-electron chi connectivity index (χ3n) is 1.02. The molecule has 1 aliphatic rings. The zero-order chi connectivity index (χ0) is 4.41. The lowest BCUT2D eigenvalue weighted by Crippen LogP contribution is -1.82. The molecule has 0 N–H and O–H groups in total. The molecule has 1 heterocycles. The molecule has 1 saturated heterocycles. The van der Waals surface area contributed by atoms with Gasteiger partial charge in [-0.1, -0.05) is 0 Å². The molecule has 1 unspecified atom stereocenters. The minimum absolute atomic E-state index is 0.713. The van der Waals surface area contributed by atoms with Gasteiger partial charge in [-0.25, -0.2) is 0 Å². The van der Waals surface area contributed by atoms with Crippen LogP contribution in [-0.2, 0) is 0 Å². The molecule has 1 fully saturated rings. The van der Waals surface area contributed by atoms with Crippen molar-refractivity contribution < 1.29 is 0 Å². The van der Waals surface area contributed by atoms with Crippen molar-refractivity contribution in [1.82, 2.24) is 0 Å². The van der Waals surface area contributed by atoms with Gasteiger partial charge in [-0.15, -0.1) is 0 Å². The van der Waals surface area contributed by atoms with Crippen molar-refractivity contribution in [2.24, 2.45) is 0 Å². The lowest BCUT2D eigenvalue weighted by molar-refractivity contribution is 0.879. The van der Waals surface area contributed by atoms with Gasteiger partial charge in [0.1, 0.15) is 0 Å². The fourth-order valence-electron chi connectivity index (χ4n) is 0.644. The Bertz CT molecular complexity index is 37.2. The predicted molar refractivity (Wildman–Crippen MR) is 30.8 cm³/mol. The van der Waals surface area contributed by atoms with Crippen LogP contribution < -0.4 is 0 Å². The van der Waals surface area contributed by atoms with Crippen molar-refractivity contribution in [3.8, 4) is 0 Å². The van der Waals surface area contributed by atoms with Gasteiger partial charge in [0.2, 0.25) is 0 Å². The average molecular weight is 101 g/mol. The van der Waals surface area contributed by atoms with Crippen molar-refractivity contribution in [3.63, 3.8) is 0 Å². The fourth-order valence-corrected chi connectivity index (χ4v) is 1.64. The highest BCUT2D eigenvalue weighted by Crippen LogP contribution is 2.24. The molecular weight excluding hydrogens is 92.1 g/mol. The summed E-state index contributed by atoms with van der Waals surface area (Å²) in [7, 11) is 0. The first-order chi connectivity index (χ1) is 2.89. The molecule has 1 atom stereocenters. The van der Waals surface area contributed by atoms with E-state index in [-0.39, 0.29) is 0 Å². The third-order valence-corrected chi connectivity index (χ3v) is 2.26. The third kappa shape index (κ3) is 0.904. The van der Waals surface area contributed by atoms with Crippen LogP contribution >= 0.6 is 11.8 Å². The van der Waals surface area contributed by atoms with E-state index in [4.69, 9.17) is 0 Å². The van der Waals surface area contributed by atoms with Crippen LogP contribution in [0.25, 0.3) is 0 Å². The molecule has 0 amide bonds. The van der Waals surface area contributed by atoms with E-state index in [1.165, 1.54) is 18.6 Å². The first-order valence-electron chi connectivity index (χ1n) is 2.34. The van der Waals surface area contributed by atoms with Crippen molar-refractivity contribution >= 4 is 11.8 Å². The molecule has 0 aromatic rings. The van der Waals surface area contributed by atoms with Gasteiger partial charge in [-0.3, -0.25) is 0 Å². The first-order valence-corrected chi connectivity index (χ1v) is 3.39. The normalized spacial score (nSPS) is 34.5. The van der Waals surface area contributed by atoms with Crippen molar-refractivity contribution in [3.05, 3.63) is 6.92 Å². The summed E-state index contributed by atoms with van der Waals surface area (Å²) >= 11 is 1.99. The summed E-state index contributed by atoms with van der Waals surface area (Å²) in [6.07, 6.45) is 2.73. The van der Waals surface area contributed by atoms with Gasteiger partial charge in [-0.2, -0.15) is 11.8 Å². The van der Waals surface area contributed by atoms with Crippen LogP contribution in [0.15, 0.2) is 0 Å². The van der Waals surface area contributed by atoms with E-state index in [0.29, 0.717) is 5.25 Å². The fraction of sp³-hybridized carbons (Fsp3) is 0.800. The standard InChI is InChI=1S/C5H9S/c1-5-3-2-4-6-5/h5H,1-4H2. The summed E-state index contributed by atoms with van der Waals surface area (Å²) in [4.78, 5) is 0. The van der Waals surface area contributed by atoms with E-state index in [9.17, 15) is 0 Å². The van der Waals surface area contributed by atoms with Gasteiger partial charge >= 0.3 is 0 Å². The second-order valence-electron chi connectivity index (χ2n) is 1.64. The van der Waals surface area contributed by atoms with E-state index in [1.807, 2.05) is 11.8 Å². The Morgan fingerprint density at radius 1 is 1.67 bits per heavy atom. The molecule has 0 spiro atoms. The molecule has 0 bridgehead atoms. The number of thioether (sulfide) groups is 1.